The van der Waals surface area contributed by atoms with Gasteiger partial charge in [0.25, 0.3) is 5.91 Å². The van der Waals surface area contributed by atoms with Crippen LogP contribution >= 0.6 is 0 Å². The molecule has 0 atom stereocenters. The molecule has 0 aromatic heterocycles. The van der Waals surface area contributed by atoms with Gasteiger partial charge in [-0.2, -0.15) is 0 Å². The Balaban J connectivity index is 1.97. The molecule has 0 heterocycles. The number of hydrogen-bond acceptors (Lipinski definition) is 3. The van der Waals surface area contributed by atoms with E-state index in [1.807, 2.05) is 45.0 Å². The molecule has 0 unspecified atom stereocenters. The number of rotatable bonds is 7. The lowest BCUT2D eigenvalue weighted by atomic mass is 10.1. The summed E-state index contributed by atoms with van der Waals surface area (Å²) in [6, 6.07) is 14.5. The summed E-state index contributed by atoms with van der Waals surface area (Å²) < 4.78 is 0. The van der Waals surface area contributed by atoms with Gasteiger partial charge in [0.1, 0.15) is 0 Å². The minimum Gasteiger partial charge on any atom is -0.348 e. The summed E-state index contributed by atoms with van der Waals surface area (Å²) in [5.41, 5.74) is 2.73. The largest absolute Gasteiger partial charge is 0.348 e. The summed E-state index contributed by atoms with van der Waals surface area (Å²) in [5, 5.41) is 7.94. The molecule has 148 valence electrons. The predicted molar refractivity (Wildman–Crippen MR) is 110 cm³/mol. The third-order valence-electron chi connectivity index (χ3n) is 4.21. The van der Waals surface area contributed by atoms with Crippen molar-refractivity contribution < 1.29 is 14.4 Å². The number of para-hydroxylation sites is 1. The lowest BCUT2D eigenvalue weighted by Crippen LogP contribution is -2.36. The van der Waals surface area contributed by atoms with Crippen LogP contribution < -0.4 is 16.0 Å². The zero-order chi connectivity index (χ0) is 20.5. The number of carbonyl (C=O) groups excluding carboxylic acids is 3. The SMILES string of the molecule is Cc1ccc(CNC(=O)c2ccccc2NC(=O)C(=O)NCCC(C)C)cc1. The normalized spacial score (nSPS) is 10.4. The van der Waals surface area contributed by atoms with Crippen LogP contribution in [-0.4, -0.2) is 24.3 Å². The second kappa shape index (κ2) is 10.3. The second-order valence-electron chi connectivity index (χ2n) is 7.11. The van der Waals surface area contributed by atoms with Crippen molar-refractivity contribution in [2.75, 3.05) is 11.9 Å². The Morgan fingerprint density at radius 2 is 1.57 bits per heavy atom. The molecule has 0 aliphatic carbocycles. The van der Waals surface area contributed by atoms with Crippen LogP contribution in [0.15, 0.2) is 48.5 Å². The van der Waals surface area contributed by atoms with Gasteiger partial charge in [-0.15, -0.1) is 0 Å². The molecule has 3 N–H and O–H groups in total. The topological polar surface area (TPSA) is 87.3 Å². The molecule has 2 aromatic carbocycles. The average molecular weight is 381 g/mol. The lowest BCUT2D eigenvalue weighted by molar-refractivity contribution is -0.136. The van der Waals surface area contributed by atoms with E-state index in [0.29, 0.717) is 30.3 Å². The molecule has 0 radical (unpaired) electrons. The summed E-state index contributed by atoms with van der Waals surface area (Å²) in [7, 11) is 0. The maximum Gasteiger partial charge on any atom is 0.313 e. The molecule has 0 saturated carbocycles. The number of hydrogen-bond donors (Lipinski definition) is 3. The molecule has 28 heavy (non-hydrogen) atoms. The molecule has 0 fully saturated rings. The summed E-state index contributed by atoms with van der Waals surface area (Å²) >= 11 is 0. The first-order chi connectivity index (χ1) is 13.4. The van der Waals surface area contributed by atoms with Gasteiger partial charge in [0.05, 0.1) is 11.3 Å². The van der Waals surface area contributed by atoms with E-state index in [1.165, 1.54) is 0 Å². The highest BCUT2D eigenvalue weighted by molar-refractivity contribution is 6.40. The standard InChI is InChI=1S/C22H27N3O3/c1-15(2)12-13-23-21(27)22(28)25-19-7-5-4-6-18(19)20(26)24-14-17-10-8-16(3)9-11-17/h4-11,15H,12-14H2,1-3H3,(H,23,27)(H,24,26)(H,25,28). The first kappa shape index (κ1) is 21.2. The summed E-state index contributed by atoms with van der Waals surface area (Å²) in [5.74, 6) is -1.39. The molecule has 0 aliphatic rings. The Bertz CT molecular complexity index is 829. The minimum atomic E-state index is -0.789. The van der Waals surface area contributed by atoms with E-state index in [2.05, 4.69) is 16.0 Å². The molecule has 3 amide bonds. The van der Waals surface area contributed by atoms with Gasteiger partial charge >= 0.3 is 11.8 Å². The Kier molecular flexibility index (Phi) is 7.75. The molecule has 2 rings (SSSR count). The van der Waals surface area contributed by atoms with Crippen molar-refractivity contribution in [3.05, 3.63) is 65.2 Å². The molecule has 6 heteroatoms. The fourth-order valence-electron chi connectivity index (χ4n) is 2.51. The number of aryl methyl sites for hydroxylation is 1. The monoisotopic (exact) mass is 381 g/mol. The van der Waals surface area contributed by atoms with Gasteiger partial charge in [-0.25, -0.2) is 0 Å². The highest BCUT2D eigenvalue weighted by atomic mass is 16.2. The van der Waals surface area contributed by atoms with Gasteiger partial charge in [0.15, 0.2) is 0 Å². The van der Waals surface area contributed by atoms with Crippen LogP contribution in [0, 0.1) is 12.8 Å². The maximum absolute atomic E-state index is 12.5. The van der Waals surface area contributed by atoms with Crippen LogP contribution in [0.1, 0.15) is 41.8 Å². The number of amides is 3. The maximum atomic E-state index is 12.5. The van der Waals surface area contributed by atoms with Gasteiger partial charge in [-0.3, -0.25) is 14.4 Å². The van der Waals surface area contributed by atoms with E-state index >= 15 is 0 Å². The zero-order valence-electron chi connectivity index (χ0n) is 16.5. The smallest absolute Gasteiger partial charge is 0.313 e. The van der Waals surface area contributed by atoms with Crippen molar-refractivity contribution in [1.82, 2.24) is 10.6 Å². The van der Waals surface area contributed by atoms with Crippen LogP contribution in [-0.2, 0) is 16.1 Å². The van der Waals surface area contributed by atoms with Crippen LogP contribution in [0.25, 0.3) is 0 Å². The van der Waals surface area contributed by atoms with Gasteiger partial charge < -0.3 is 16.0 Å². The van der Waals surface area contributed by atoms with Crippen LogP contribution in [0.5, 0.6) is 0 Å². The van der Waals surface area contributed by atoms with E-state index in [4.69, 9.17) is 0 Å². The van der Waals surface area contributed by atoms with Crippen molar-refractivity contribution >= 4 is 23.4 Å². The average Bonchev–Trinajstić information content (AvgIpc) is 2.67. The third-order valence-corrected chi connectivity index (χ3v) is 4.21. The summed E-state index contributed by atoms with van der Waals surface area (Å²) in [6.45, 7) is 6.88. The van der Waals surface area contributed by atoms with Crippen molar-refractivity contribution in [1.29, 1.82) is 0 Å². The van der Waals surface area contributed by atoms with Gasteiger partial charge in [-0.05, 0) is 37.0 Å². The lowest BCUT2D eigenvalue weighted by Gasteiger charge is -2.12. The van der Waals surface area contributed by atoms with E-state index in [1.54, 1.807) is 24.3 Å². The molecule has 0 saturated heterocycles. The first-order valence-electron chi connectivity index (χ1n) is 9.38. The quantitative estimate of drug-likeness (QED) is 0.644. The number of anilines is 1. The minimum absolute atomic E-state index is 0.299. The molecule has 2 aromatic rings. The van der Waals surface area contributed by atoms with Crippen molar-refractivity contribution in [2.45, 2.75) is 33.7 Å². The van der Waals surface area contributed by atoms with Gasteiger partial charge in [-0.1, -0.05) is 55.8 Å². The van der Waals surface area contributed by atoms with Crippen LogP contribution in [0.3, 0.4) is 0 Å². The molecule has 0 aliphatic heterocycles. The zero-order valence-corrected chi connectivity index (χ0v) is 16.5. The second-order valence-corrected chi connectivity index (χ2v) is 7.11. The van der Waals surface area contributed by atoms with Gasteiger partial charge in [0, 0.05) is 13.1 Å². The van der Waals surface area contributed by atoms with Crippen molar-refractivity contribution in [2.24, 2.45) is 5.92 Å². The highest BCUT2D eigenvalue weighted by Crippen LogP contribution is 2.15. The number of nitrogens with one attached hydrogen (secondary N) is 3. The fourth-order valence-corrected chi connectivity index (χ4v) is 2.51. The van der Waals surface area contributed by atoms with E-state index in [0.717, 1.165) is 17.5 Å². The van der Waals surface area contributed by atoms with E-state index < -0.39 is 11.8 Å². The third kappa shape index (κ3) is 6.54. The number of benzene rings is 2. The van der Waals surface area contributed by atoms with E-state index in [-0.39, 0.29) is 5.91 Å². The first-order valence-corrected chi connectivity index (χ1v) is 9.38. The Morgan fingerprint density at radius 3 is 2.25 bits per heavy atom. The van der Waals surface area contributed by atoms with E-state index in [9.17, 15) is 14.4 Å². The molecule has 0 bridgehead atoms. The summed E-state index contributed by atoms with van der Waals surface area (Å²) in [6.07, 6.45) is 0.789. The molecule has 0 spiro atoms. The predicted octanol–water partition coefficient (Wildman–Crippen LogP) is 3.03. The van der Waals surface area contributed by atoms with Crippen LogP contribution in [0.2, 0.25) is 0 Å². The number of carbonyl (C=O) groups is 3. The molecular weight excluding hydrogens is 354 g/mol. The molecular formula is C22H27N3O3. The highest BCUT2D eigenvalue weighted by Gasteiger charge is 2.17. The van der Waals surface area contributed by atoms with Crippen LogP contribution in [0.4, 0.5) is 5.69 Å². The van der Waals surface area contributed by atoms with Crippen molar-refractivity contribution in [3.8, 4) is 0 Å². The Hall–Kier alpha value is -3.15. The summed E-state index contributed by atoms with van der Waals surface area (Å²) in [4.78, 5) is 36.6. The fraction of sp³-hybridized carbons (Fsp3) is 0.318. The molecule has 6 nitrogen and oxygen atoms in total. The van der Waals surface area contributed by atoms with Gasteiger partial charge in [0.2, 0.25) is 0 Å². The Morgan fingerprint density at radius 1 is 0.893 bits per heavy atom. The van der Waals surface area contributed by atoms with Crippen molar-refractivity contribution in [3.63, 3.8) is 0 Å². The Labute approximate surface area is 165 Å².